The molecule has 1 unspecified atom stereocenters. The van der Waals surface area contributed by atoms with Crippen LogP contribution in [-0.2, 0) is 6.54 Å². The van der Waals surface area contributed by atoms with Gasteiger partial charge in [-0.3, -0.25) is 9.59 Å². The van der Waals surface area contributed by atoms with E-state index in [1.807, 2.05) is 36.4 Å². The van der Waals surface area contributed by atoms with Gasteiger partial charge in [0.1, 0.15) is 5.58 Å². The first-order valence-electron chi connectivity index (χ1n) is 12.9. The third kappa shape index (κ3) is 4.88. The fraction of sp³-hybridized carbons (Fsp3) is 0.290. The van der Waals surface area contributed by atoms with Crippen LogP contribution in [0.4, 0.5) is 0 Å². The molecule has 0 radical (unpaired) electrons. The van der Waals surface area contributed by atoms with E-state index in [-0.39, 0.29) is 23.6 Å². The average Bonchev–Trinajstić information content (AvgIpc) is 3.21. The first-order chi connectivity index (χ1) is 18.5. The molecule has 1 amide bonds. The van der Waals surface area contributed by atoms with E-state index in [4.69, 9.17) is 25.5 Å². The van der Waals surface area contributed by atoms with Crippen LogP contribution in [0.5, 0.6) is 11.5 Å². The van der Waals surface area contributed by atoms with Crippen LogP contribution in [-0.4, -0.2) is 24.5 Å². The molecule has 38 heavy (non-hydrogen) atoms. The summed E-state index contributed by atoms with van der Waals surface area (Å²) in [5.41, 5.74) is 1.97. The van der Waals surface area contributed by atoms with Crippen molar-refractivity contribution in [3.8, 4) is 11.5 Å². The highest BCUT2D eigenvalue weighted by Crippen LogP contribution is 2.42. The van der Waals surface area contributed by atoms with E-state index in [0.29, 0.717) is 39.7 Å². The van der Waals surface area contributed by atoms with E-state index in [2.05, 4.69) is 6.92 Å². The highest BCUT2D eigenvalue weighted by atomic mass is 35.5. The molecule has 1 aliphatic rings. The van der Waals surface area contributed by atoms with E-state index in [1.165, 1.54) is 6.42 Å². The molecule has 0 fully saturated rings. The molecule has 6 nitrogen and oxygen atoms in total. The van der Waals surface area contributed by atoms with Crippen LogP contribution >= 0.6 is 11.6 Å². The molecule has 0 aliphatic carbocycles. The first kappa shape index (κ1) is 25.9. The second-order valence-electron chi connectivity index (χ2n) is 9.42. The summed E-state index contributed by atoms with van der Waals surface area (Å²) < 4.78 is 17.7. The summed E-state index contributed by atoms with van der Waals surface area (Å²) in [6.07, 6.45) is 4.40. The SMILES string of the molecule is CCCCCCOc1ccc(C2c3c(oc4ccccc4c3=O)C(=O)N2Cc2ccccc2Cl)cc1OC. The van der Waals surface area contributed by atoms with Crippen LogP contribution < -0.4 is 14.9 Å². The molecular formula is C31H30ClNO5. The van der Waals surface area contributed by atoms with Crippen LogP contribution in [0.1, 0.15) is 65.9 Å². The summed E-state index contributed by atoms with van der Waals surface area (Å²) in [5, 5.41) is 0.978. The fourth-order valence-electron chi connectivity index (χ4n) is 4.97. The van der Waals surface area contributed by atoms with Gasteiger partial charge in [-0.2, -0.15) is 0 Å². The molecule has 7 heteroatoms. The number of methoxy groups -OCH3 is 1. The highest BCUT2D eigenvalue weighted by Gasteiger charge is 2.43. The Kier molecular flexibility index (Phi) is 7.70. The molecule has 0 spiro atoms. The predicted octanol–water partition coefficient (Wildman–Crippen LogP) is 7.16. The number of ether oxygens (including phenoxy) is 2. The maximum Gasteiger partial charge on any atom is 0.291 e. The molecule has 1 aliphatic heterocycles. The minimum Gasteiger partial charge on any atom is -0.493 e. The molecule has 1 atom stereocenters. The van der Waals surface area contributed by atoms with E-state index >= 15 is 0 Å². The lowest BCUT2D eigenvalue weighted by Gasteiger charge is -2.26. The number of unbranched alkanes of at least 4 members (excludes halogenated alkanes) is 3. The normalized spacial score (nSPS) is 14.7. The molecule has 0 N–H and O–H groups in total. The van der Waals surface area contributed by atoms with Gasteiger partial charge in [-0.25, -0.2) is 0 Å². The van der Waals surface area contributed by atoms with Crippen molar-refractivity contribution >= 4 is 28.5 Å². The van der Waals surface area contributed by atoms with Gasteiger partial charge in [0.25, 0.3) is 5.91 Å². The van der Waals surface area contributed by atoms with Crippen molar-refractivity contribution in [1.29, 1.82) is 0 Å². The lowest BCUT2D eigenvalue weighted by atomic mass is 9.97. The van der Waals surface area contributed by atoms with E-state index in [1.54, 1.807) is 42.3 Å². The number of nitrogens with zero attached hydrogens (tertiary/aromatic N) is 1. The molecule has 1 aromatic heterocycles. The molecule has 0 bridgehead atoms. The maximum atomic E-state index is 13.7. The van der Waals surface area contributed by atoms with Gasteiger partial charge in [0.05, 0.1) is 30.7 Å². The Hall–Kier alpha value is -3.77. The number of hydrogen-bond donors (Lipinski definition) is 0. The molecule has 0 saturated heterocycles. The van der Waals surface area contributed by atoms with E-state index in [9.17, 15) is 9.59 Å². The van der Waals surface area contributed by atoms with Crippen molar-refractivity contribution < 1.29 is 18.7 Å². The zero-order valence-electron chi connectivity index (χ0n) is 21.5. The van der Waals surface area contributed by atoms with Crippen molar-refractivity contribution in [1.82, 2.24) is 4.90 Å². The largest absolute Gasteiger partial charge is 0.493 e. The quantitative estimate of drug-likeness (QED) is 0.203. The number of halogens is 1. The Morgan fingerprint density at radius 1 is 0.947 bits per heavy atom. The molecule has 4 aromatic rings. The summed E-state index contributed by atoms with van der Waals surface area (Å²) >= 11 is 6.46. The number of carbonyl (C=O) groups excluding carboxylic acids is 1. The molecule has 0 saturated carbocycles. The van der Waals surface area contributed by atoms with Crippen LogP contribution in [0, 0.1) is 0 Å². The standard InChI is InChI=1S/C31H30ClNO5/c1-3-4-5-10-17-37-25-16-15-20(18-26(25)36-2)28-27-29(34)22-12-7-9-14-24(22)38-30(27)31(35)33(28)19-21-11-6-8-13-23(21)32/h6-9,11-16,18,28H,3-5,10,17,19H2,1-2H3. The summed E-state index contributed by atoms with van der Waals surface area (Å²) in [5.74, 6) is 0.867. The summed E-state index contributed by atoms with van der Waals surface area (Å²) in [7, 11) is 1.58. The number of benzene rings is 3. The Labute approximate surface area is 226 Å². The van der Waals surface area contributed by atoms with Gasteiger partial charge in [0.2, 0.25) is 5.76 Å². The molecule has 2 heterocycles. The number of hydrogen-bond acceptors (Lipinski definition) is 5. The van der Waals surface area contributed by atoms with Gasteiger partial charge in [-0.1, -0.05) is 74.2 Å². The predicted molar refractivity (Wildman–Crippen MR) is 148 cm³/mol. The van der Waals surface area contributed by atoms with E-state index < -0.39 is 6.04 Å². The lowest BCUT2D eigenvalue weighted by molar-refractivity contribution is 0.0714. The van der Waals surface area contributed by atoms with Crippen molar-refractivity contribution in [2.45, 2.75) is 45.2 Å². The summed E-state index contributed by atoms with van der Waals surface area (Å²) in [6, 6.07) is 19.2. The minimum absolute atomic E-state index is 0.0565. The van der Waals surface area contributed by atoms with Crippen molar-refractivity contribution in [3.05, 3.63) is 104 Å². The molecule has 3 aromatic carbocycles. The molecule has 196 valence electrons. The zero-order valence-corrected chi connectivity index (χ0v) is 22.3. The van der Waals surface area contributed by atoms with E-state index in [0.717, 1.165) is 30.4 Å². The van der Waals surface area contributed by atoms with Gasteiger partial charge in [0.15, 0.2) is 16.9 Å². The van der Waals surface area contributed by atoms with Crippen molar-refractivity contribution in [3.63, 3.8) is 0 Å². The minimum atomic E-state index is -0.679. The zero-order chi connectivity index (χ0) is 26.6. The summed E-state index contributed by atoms with van der Waals surface area (Å²) in [6.45, 7) is 2.97. The monoisotopic (exact) mass is 531 g/mol. The van der Waals surface area contributed by atoms with Gasteiger partial charge >= 0.3 is 0 Å². The Morgan fingerprint density at radius 3 is 2.53 bits per heavy atom. The maximum absolute atomic E-state index is 13.7. The Morgan fingerprint density at radius 2 is 1.74 bits per heavy atom. The second kappa shape index (κ2) is 11.3. The summed E-state index contributed by atoms with van der Waals surface area (Å²) in [4.78, 5) is 29.1. The van der Waals surface area contributed by atoms with Crippen LogP contribution in [0.25, 0.3) is 11.0 Å². The number of amides is 1. The van der Waals surface area contributed by atoms with Gasteiger partial charge in [-0.05, 0) is 47.9 Å². The Balaban J connectivity index is 1.58. The van der Waals surface area contributed by atoms with Crippen LogP contribution in [0.3, 0.4) is 0 Å². The Bertz CT molecular complexity index is 1530. The number of carbonyl (C=O) groups is 1. The van der Waals surface area contributed by atoms with Gasteiger partial charge in [0, 0.05) is 11.6 Å². The third-order valence-electron chi connectivity index (χ3n) is 6.93. The average molecular weight is 532 g/mol. The van der Waals surface area contributed by atoms with Crippen LogP contribution in [0.2, 0.25) is 5.02 Å². The first-order valence-corrected chi connectivity index (χ1v) is 13.3. The van der Waals surface area contributed by atoms with Gasteiger partial charge < -0.3 is 18.8 Å². The molecule has 5 rings (SSSR count). The van der Waals surface area contributed by atoms with Crippen molar-refractivity contribution in [2.75, 3.05) is 13.7 Å². The molecular weight excluding hydrogens is 502 g/mol. The highest BCUT2D eigenvalue weighted by molar-refractivity contribution is 6.31. The lowest BCUT2D eigenvalue weighted by Crippen LogP contribution is -2.29. The second-order valence-corrected chi connectivity index (χ2v) is 9.82. The van der Waals surface area contributed by atoms with Gasteiger partial charge in [-0.15, -0.1) is 0 Å². The number of rotatable bonds is 10. The van der Waals surface area contributed by atoms with Crippen LogP contribution in [0.15, 0.2) is 75.9 Å². The smallest absolute Gasteiger partial charge is 0.291 e. The number of fused-ring (bicyclic) bond motifs is 2. The third-order valence-corrected chi connectivity index (χ3v) is 7.30. The number of para-hydroxylation sites is 1. The topological polar surface area (TPSA) is 69.0 Å². The fourth-order valence-corrected chi connectivity index (χ4v) is 5.17. The van der Waals surface area contributed by atoms with Crippen molar-refractivity contribution in [2.24, 2.45) is 0 Å².